The molecule has 4 aliphatic carbocycles. The van der Waals surface area contributed by atoms with Crippen LogP contribution in [-0.2, 0) is 0 Å². The maximum Gasteiger partial charge on any atom is 0.00380 e. The van der Waals surface area contributed by atoms with Gasteiger partial charge in [-0.15, -0.1) is 0 Å². The molecule has 4 bridgehead atoms. The summed E-state index contributed by atoms with van der Waals surface area (Å²) in [6.45, 7) is 8.57. The van der Waals surface area contributed by atoms with Crippen LogP contribution in [0.3, 0.4) is 0 Å². The maximum absolute atomic E-state index is 2.69. The summed E-state index contributed by atoms with van der Waals surface area (Å²) in [4.78, 5) is 2.69. The van der Waals surface area contributed by atoms with E-state index in [0.717, 1.165) is 23.2 Å². The molecule has 2 atom stereocenters. The van der Waals surface area contributed by atoms with Crippen LogP contribution in [-0.4, -0.2) is 24.5 Å². The van der Waals surface area contributed by atoms with Crippen LogP contribution in [0, 0.1) is 23.2 Å². The van der Waals surface area contributed by atoms with E-state index in [2.05, 4.69) is 18.7 Å². The molecule has 4 fully saturated rings. The Morgan fingerprint density at radius 2 is 1.41 bits per heavy atom. The number of hydrogen-bond donors (Lipinski definition) is 0. The first-order chi connectivity index (χ1) is 8.23. The van der Waals surface area contributed by atoms with Crippen LogP contribution in [0.4, 0.5) is 0 Å². The second-order valence-electron chi connectivity index (χ2n) is 7.22. The first-order valence-corrected chi connectivity index (χ1v) is 7.95. The van der Waals surface area contributed by atoms with Crippen molar-refractivity contribution >= 4 is 0 Å². The normalized spacial score (nSPS) is 44.3. The van der Waals surface area contributed by atoms with Crippen LogP contribution in [0.2, 0.25) is 0 Å². The molecule has 0 amide bonds. The van der Waals surface area contributed by atoms with Gasteiger partial charge in [0.05, 0.1) is 0 Å². The van der Waals surface area contributed by atoms with Gasteiger partial charge in [0.2, 0.25) is 0 Å². The molecule has 4 saturated carbocycles. The number of nitrogens with zero attached hydrogens (tertiary/aromatic N) is 1. The van der Waals surface area contributed by atoms with Crippen LogP contribution < -0.4 is 0 Å². The van der Waals surface area contributed by atoms with Gasteiger partial charge >= 0.3 is 0 Å². The molecular weight excluding hydrogens is 206 g/mol. The van der Waals surface area contributed by atoms with Gasteiger partial charge in [0.15, 0.2) is 0 Å². The van der Waals surface area contributed by atoms with Crippen molar-refractivity contribution in [3.05, 3.63) is 0 Å². The van der Waals surface area contributed by atoms with Crippen molar-refractivity contribution in [2.45, 2.75) is 58.8 Å². The highest BCUT2D eigenvalue weighted by atomic mass is 15.1. The number of hydrogen-bond acceptors (Lipinski definition) is 1. The Labute approximate surface area is 107 Å². The van der Waals surface area contributed by atoms with E-state index >= 15 is 0 Å². The van der Waals surface area contributed by atoms with Gasteiger partial charge in [0, 0.05) is 6.54 Å². The molecular formula is C16H29N. The molecule has 1 heteroatoms. The van der Waals surface area contributed by atoms with Crippen LogP contribution in [0.1, 0.15) is 58.8 Å². The van der Waals surface area contributed by atoms with Gasteiger partial charge < -0.3 is 4.90 Å². The summed E-state index contributed by atoms with van der Waals surface area (Å²) in [5.74, 6) is 3.29. The van der Waals surface area contributed by atoms with Crippen LogP contribution in [0.15, 0.2) is 0 Å². The molecule has 0 aromatic rings. The third-order valence-corrected chi connectivity index (χ3v) is 5.94. The Bertz CT molecular complexity index is 253. The summed E-state index contributed by atoms with van der Waals surface area (Å²) < 4.78 is 0. The molecule has 1 nitrogen and oxygen atoms in total. The van der Waals surface area contributed by atoms with E-state index in [1.807, 2.05) is 0 Å². The van der Waals surface area contributed by atoms with Crippen LogP contribution >= 0.6 is 0 Å². The molecule has 17 heavy (non-hydrogen) atoms. The maximum atomic E-state index is 2.69. The fraction of sp³-hybridized carbons (Fsp3) is 1.00. The molecule has 0 aromatic heterocycles. The lowest BCUT2D eigenvalue weighted by Gasteiger charge is -2.50. The number of fused-ring (bicyclic) bond motifs is 1. The minimum Gasteiger partial charge on any atom is -0.303 e. The van der Waals surface area contributed by atoms with Gasteiger partial charge in [-0.3, -0.25) is 0 Å². The van der Waals surface area contributed by atoms with E-state index in [1.54, 1.807) is 44.9 Å². The van der Waals surface area contributed by atoms with Crippen molar-refractivity contribution in [3.8, 4) is 0 Å². The third-order valence-electron chi connectivity index (χ3n) is 5.94. The lowest BCUT2D eigenvalue weighted by atomic mass is 9.58. The predicted molar refractivity (Wildman–Crippen MR) is 73.0 cm³/mol. The average molecular weight is 235 g/mol. The molecule has 98 valence electrons. The zero-order valence-electron chi connectivity index (χ0n) is 11.8. The van der Waals surface area contributed by atoms with E-state index in [-0.39, 0.29) is 0 Å². The highest BCUT2D eigenvalue weighted by Gasteiger charge is 2.48. The van der Waals surface area contributed by atoms with Crippen molar-refractivity contribution < 1.29 is 0 Å². The number of rotatable bonds is 4. The van der Waals surface area contributed by atoms with E-state index in [0.29, 0.717) is 0 Å². The highest BCUT2D eigenvalue weighted by molar-refractivity contribution is 5.00. The van der Waals surface area contributed by atoms with Gasteiger partial charge in [-0.25, -0.2) is 0 Å². The van der Waals surface area contributed by atoms with Gasteiger partial charge in [-0.2, -0.15) is 0 Å². The summed E-state index contributed by atoms with van der Waals surface area (Å²) in [6, 6.07) is 0. The zero-order chi connectivity index (χ0) is 11.9. The van der Waals surface area contributed by atoms with Crippen molar-refractivity contribution in [2.75, 3.05) is 19.6 Å². The highest BCUT2D eigenvalue weighted by Crippen LogP contribution is 2.57. The van der Waals surface area contributed by atoms with Crippen LogP contribution in [0.5, 0.6) is 0 Å². The van der Waals surface area contributed by atoms with Gasteiger partial charge in [-0.1, -0.05) is 26.7 Å². The van der Waals surface area contributed by atoms with Crippen molar-refractivity contribution in [1.82, 2.24) is 4.90 Å². The Hall–Kier alpha value is -0.0400. The SMILES string of the molecule is CCN(CC)CC12CC3C[C@H](CC[C@@H](C3)C1)C2. The minimum absolute atomic E-state index is 0.735. The smallest absolute Gasteiger partial charge is 0.00380 e. The summed E-state index contributed by atoms with van der Waals surface area (Å²) >= 11 is 0. The van der Waals surface area contributed by atoms with E-state index in [9.17, 15) is 0 Å². The summed E-state index contributed by atoms with van der Waals surface area (Å²) in [5.41, 5.74) is 0.735. The summed E-state index contributed by atoms with van der Waals surface area (Å²) in [5, 5.41) is 0. The molecule has 4 aliphatic rings. The van der Waals surface area contributed by atoms with Gasteiger partial charge in [-0.05, 0) is 68.4 Å². The first-order valence-electron chi connectivity index (χ1n) is 7.95. The largest absolute Gasteiger partial charge is 0.303 e. The van der Waals surface area contributed by atoms with E-state index in [4.69, 9.17) is 0 Å². The Kier molecular flexibility index (Phi) is 3.23. The van der Waals surface area contributed by atoms with E-state index in [1.165, 1.54) is 19.6 Å². The molecule has 4 rings (SSSR count). The summed E-state index contributed by atoms with van der Waals surface area (Å²) in [7, 11) is 0. The molecule has 0 radical (unpaired) electrons. The monoisotopic (exact) mass is 235 g/mol. The molecule has 0 aliphatic heterocycles. The molecule has 0 spiro atoms. The lowest BCUT2D eigenvalue weighted by molar-refractivity contribution is 0.00574. The van der Waals surface area contributed by atoms with Gasteiger partial charge in [0.25, 0.3) is 0 Å². The molecule has 0 unspecified atom stereocenters. The van der Waals surface area contributed by atoms with Crippen molar-refractivity contribution in [3.63, 3.8) is 0 Å². The molecule has 0 heterocycles. The second-order valence-corrected chi connectivity index (χ2v) is 7.22. The fourth-order valence-electron chi connectivity index (χ4n) is 5.49. The fourth-order valence-corrected chi connectivity index (χ4v) is 5.49. The standard InChI is InChI=1S/C16H29N/c1-3-17(4-2)12-16-9-13-5-6-14(10-16)8-15(7-13)11-16/h13-15H,3-12H2,1-2H3/t13-,14-,15?,16?/m0/s1. The molecule has 0 N–H and O–H groups in total. The van der Waals surface area contributed by atoms with Crippen LogP contribution in [0.25, 0.3) is 0 Å². The Morgan fingerprint density at radius 1 is 0.882 bits per heavy atom. The third kappa shape index (κ3) is 2.28. The molecule has 0 aromatic carbocycles. The molecule has 0 saturated heterocycles. The summed E-state index contributed by atoms with van der Waals surface area (Å²) in [6.07, 6.45) is 11.0. The second kappa shape index (κ2) is 4.57. The lowest BCUT2D eigenvalue weighted by Crippen LogP contribution is -2.45. The first kappa shape index (κ1) is 12.0. The zero-order valence-corrected chi connectivity index (χ0v) is 11.8. The van der Waals surface area contributed by atoms with Crippen molar-refractivity contribution in [2.24, 2.45) is 23.2 Å². The quantitative estimate of drug-likeness (QED) is 0.713. The van der Waals surface area contributed by atoms with E-state index < -0.39 is 0 Å². The topological polar surface area (TPSA) is 3.24 Å². The Balaban J connectivity index is 1.77. The van der Waals surface area contributed by atoms with Crippen molar-refractivity contribution in [1.29, 1.82) is 0 Å². The average Bonchev–Trinajstić information content (AvgIpc) is 2.52. The Morgan fingerprint density at radius 3 is 1.94 bits per heavy atom. The minimum atomic E-state index is 0.735. The van der Waals surface area contributed by atoms with Gasteiger partial charge in [0.1, 0.15) is 0 Å². The predicted octanol–water partition coefficient (Wildman–Crippen LogP) is 3.93.